The van der Waals surface area contributed by atoms with E-state index in [1.165, 1.54) is 55.5 Å². The molecule has 1 aliphatic heterocycles. The lowest BCUT2D eigenvalue weighted by atomic mass is 9.70. The molecule has 0 bridgehead atoms. The molecule has 2 aromatic carbocycles. The summed E-state index contributed by atoms with van der Waals surface area (Å²) in [4.78, 5) is 19.6. The number of unbranched alkanes of at least 4 members (excludes halogenated alkanes) is 1. The third-order valence-corrected chi connectivity index (χ3v) is 7.96. The number of halogens is 3. The Bertz CT molecular complexity index is 980. The molecule has 0 N–H and O–H groups in total. The Balaban J connectivity index is 1.34. The molecule has 0 atom stereocenters. The van der Waals surface area contributed by atoms with Gasteiger partial charge in [-0.2, -0.15) is 13.2 Å². The fourth-order valence-corrected chi connectivity index (χ4v) is 5.50. The van der Waals surface area contributed by atoms with E-state index >= 15 is 0 Å². The number of hydrogen-bond acceptors (Lipinski definition) is 3. The van der Waals surface area contributed by atoms with Gasteiger partial charge in [0.15, 0.2) is 0 Å². The second-order valence-electron chi connectivity index (χ2n) is 9.72. The van der Waals surface area contributed by atoms with Crippen molar-refractivity contribution in [2.24, 2.45) is 10.9 Å². The highest BCUT2D eigenvalue weighted by Gasteiger charge is 2.37. The summed E-state index contributed by atoms with van der Waals surface area (Å²) in [6.07, 6.45) is 11.1. The smallest absolute Gasteiger partial charge is 0.339 e. The number of thioether (sulfide) groups is 1. The number of aliphatic imine (C=N–C) groups is 1. The fourth-order valence-electron chi connectivity index (χ4n) is 4.96. The third kappa shape index (κ3) is 7.60. The fraction of sp³-hybridized carbons (Fsp3) is 0.500. The summed E-state index contributed by atoms with van der Waals surface area (Å²) < 4.78 is 37.7. The summed E-state index contributed by atoms with van der Waals surface area (Å²) in [7, 11) is 0. The number of benzene rings is 2. The van der Waals surface area contributed by atoms with E-state index in [0.29, 0.717) is 18.7 Å². The Hall–Kier alpha value is -2.28. The summed E-state index contributed by atoms with van der Waals surface area (Å²) in [5.74, 6) is 0.846. The van der Waals surface area contributed by atoms with Gasteiger partial charge in [-0.25, -0.2) is 0 Å². The largest absolute Gasteiger partial charge is 0.446 e. The Kier molecular flexibility index (Phi) is 8.58. The summed E-state index contributed by atoms with van der Waals surface area (Å²) in [6.45, 7) is 2.03. The van der Waals surface area contributed by atoms with Gasteiger partial charge in [-0.1, -0.05) is 49.6 Å². The monoisotopic (exact) mass is 502 g/mol. The van der Waals surface area contributed by atoms with E-state index in [9.17, 15) is 18.0 Å². The number of hydrogen-bond donors (Lipinski definition) is 0. The topological polar surface area (TPSA) is 32.7 Å². The van der Waals surface area contributed by atoms with Crippen LogP contribution in [0, 0.1) is 5.92 Å². The zero-order chi connectivity index (χ0) is 24.7. The van der Waals surface area contributed by atoms with Gasteiger partial charge >= 0.3 is 5.51 Å². The number of nitrogens with zero attached hydrogens (tertiary/aromatic N) is 2. The van der Waals surface area contributed by atoms with E-state index in [1.807, 2.05) is 11.0 Å². The van der Waals surface area contributed by atoms with E-state index in [-0.39, 0.29) is 28.0 Å². The summed E-state index contributed by atoms with van der Waals surface area (Å²) in [5, 5.41) is 0. The normalized spacial score (nSPS) is 18.2. The predicted molar refractivity (Wildman–Crippen MR) is 136 cm³/mol. The van der Waals surface area contributed by atoms with Crippen LogP contribution in [0.3, 0.4) is 0 Å². The quantitative estimate of drug-likeness (QED) is 0.191. The minimum absolute atomic E-state index is 0.0173. The molecule has 1 aliphatic carbocycles. The van der Waals surface area contributed by atoms with Crippen molar-refractivity contribution in [3.63, 3.8) is 0 Å². The maximum Gasteiger partial charge on any atom is 0.446 e. The molecular weight excluding hydrogens is 469 g/mol. The first-order valence-electron chi connectivity index (χ1n) is 12.5. The molecule has 0 spiro atoms. The van der Waals surface area contributed by atoms with Crippen molar-refractivity contribution in [1.82, 2.24) is 4.90 Å². The molecule has 2 fully saturated rings. The average molecular weight is 503 g/mol. The molecule has 1 saturated heterocycles. The van der Waals surface area contributed by atoms with E-state index in [2.05, 4.69) is 30.5 Å². The van der Waals surface area contributed by atoms with Crippen molar-refractivity contribution < 1.29 is 18.0 Å². The van der Waals surface area contributed by atoms with Crippen molar-refractivity contribution in [3.8, 4) is 0 Å². The zero-order valence-corrected chi connectivity index (χ0v) is 20.8. The first-order valence-corrected chi connectivity index (χ1v) is 13.4. The van der Waals surface area contributed by atoms with Gasteiger partial charge in [-0.05, 0) is 85.8 Å². The summed E-state index contributed by atoms with van der Waals surface area (Å²) >= 11 is -0.165. The molecular formula is C28H33F3N2OS. The maximum atomic E-state index is 13.0. The van der Waals surface area contributed by atoms with Gasteiger partial charge in [0.2, 0.25) is 0 Å². The second kappa shape index (κ2) is 11.6. The van der Waals surface area contributed by atoms with Crippen molar-refractivity contribution in [2.75, 3.05) is 19.6 Å². The van der Waals surface area contributed by atoms with Gasteiger partial charge in [0.1, 0.15) is 0 Å². The number of carbonyl (C=O) groups excluding carboxylic acids is 1. The number of piperidine rings is 1. The molecule has 1 heterocycles. The molecule has 35 heavy (non-hydrogen) atoms. The van der Waals surface area contributed by atoms with E-state index < -0.39 is 5.51 Å². The van der Waals surface area contributed by atoms with Crippen LogP contribution >= 0.6 is 11.8 Å². The van der Waals surface area contributed by atoms with Gasteiger partial charge in [-0.3, -0.25) is 9.79 Å². The van der Waals surface area contributed by atoms with Crippen molar-refractivity contribution in [1.29, 1.82) is 0 Å². The Morgan fingerprint density at radius 2 is 1.74 bits per heavy atom. The van der Waals surface area contributed by atoms with Crippen LogP contribution in [0.5, 0.6) is 0 Å². The number of likely N-dealkylation sites (tertiary alicyclic amines) is 1. The highest BCUT2D eigenvalue weighted by molar-refractivity contribution is 8.00. The second-order valence-corrected chi connectivity index (χ2v) is 10.9. The molecule has 2 aromatic rings. The van der Waals surface area contributed by atoms with Crippen LogP contribution in [-0.2, 0) is 5.41 Å². The average Bonchev–Trinajstić information content (AvgIpc) is 3.68. The first kappa shape index (κ1) is 25.8. The molecule has 1 saturated carbocycles. The van der Waals surface area contributed by atoms with E-state index in [4.69, 9.17) is 4.99 Å². The van der Waals surface area contributed by atoms with E-state index in [0.717, 1.165) is 38.1 Å². The van der Waals surface area contributed by atoms with Gasteiger partial charge in [0.05, 0.1) is 0 Å². The molecule has 0 aromatic heterocycles. The number of rotatable bonds is 10. The minimum Gasteiger partial charge on any atom is -0.339 e. The minimum atomic E-state index is -4.33. The van der Waals surface area contributed by atoms with Crippen LogP contribution < -0.4 is 0 Å². The predicted octanol–water partition coefficient (Wildman–Crippen LogP) is 7.51. The molecule has 1 amide bonds. The van der Waals surface area contributed by atoms with Gasteiger partial charge in [-0.15, -0.1) is 0 Å². The standard InChI is InChI=1S/C28H33F3N2OS/c29-28(30,31)35-25-13-11-23(12-14-25)26(34)33-20-16-27(17-21-33,24-7-2-1-3-8-24)15-19-32-18-5-4-6-22-9-10-22/h1-3,7-8,11-14,18,22H,4-6,9-10,15-17,19-21H2. The van der Waals surface area contributed by atoms with Crippen LogP contribution in [0.15, 0.2) is 64.5 Å². The van der Waals surface area contributed by atoms with E-state index in [1.54, 1.807) is 0 Å². The molecule has 2 aliphatic rings. The lowest BCUT2D eigenvalue weighted by Crippen LogP contribution is -2.45. The highest BCUT2D eigenvalue weighted by Crippen LogP contribution is 2.40. The number of alkyl halides is 3. The van der Waals surface area contributed by atoms with Crippen LogP contribution in [0.4, 0.5) is 13.2 Å². The lowest BCUT2D eigenvalue weighted by molar-refractivity contribution is -0.0328. The number of carbonyl (C=O) groups is 1. The molecule has 0 radical (unpaired) electrons. The highest BCUT2D eigenvalue weighted by atomic mass is 32.2. The van der Waals surface area contributed by atoms with Crippen molar-refractivity contribution >= 4 is 23.9 Å². The molecule has 7 heteroatoms. The molecule has 3 nitrogen and oxygen atoms in total. The Morgan fingerprint density at radius 1 is 1.06 bits per heavy atom. The SMILES string of the molecule is O=C(c1ccc(SC(F)(F)F)cc1)N1CCC(CCN=CCCCC2CC2)(c2ccccc2)CC1. The third-order valence-electron chi connectivity index (χ3n) is 7.22. The summed E-state index contributed by atoms with van der Waals surface area (Å²) in [6, 6.07) is 16.2. The lowest BCUT2D eigenvalue weighted by Gasteiger charge is -2.42. The number of amides is 1. The van der Waals surface area contributed by atoms with Gasteiger partial charge in [0.25, 0.3) is 5.91 Å². The molecule has 0 unspecified atom stereocenters. The van der Waals surface area contributed by atoms with Crippen LogP contribution in [0.25, 0.3) is 0 Å². The Morgan fingerprint density at radius 3 is 2.37 bits per heavy atom. The Labute approximate surface area is 210 Å². The first-order chi connectivity index (χ1) is 16.8. The van der Waals surface area contributed by atoms with Gasteiger partial charge < -0.3 is 4.90 Å². The summed E-state index contributed by atoms with van der Waals surface area (Å²) in [5.41, 5.74) is -2.62. The van der Waals surface area contributed by atoms with Crippen molar-refractivity contribution in [2.45, 2.75) is 67.2 Å². The van der Waals surface area contributed by atoms with Gasteiger partial charge in [0, 0.05) is 35.5 Å². The van der Waals surface area contributed by atoms with Crippen LogP contribution in [0.1, 0.15) is 67.3 Å². The molecule has 188 valence electrons. The zero-order valence-electron chi connectivity index (χ0n) is 20.0. The van der Waals surface area contributed by atoms with Crippen LogP contribution in [0.2, 0.25) is 0 Å². The maximum absolute atomic E-state index is 13.0. The molecule has 4 rings (SSSR count). The van der Waals surface area contributed by atoms with Crippen LogP contribution in [-0.4, -0.2) is 42.2 Å². The van der Waals surface area contributed by atoms with Crippen molar-refractivity contribution in [3.05, 3.63) is 65.7 Å².